The number of thioether (sulfide) groups is 1. The Labute approximate surface area is 181 Å². The zero-order chi connectivity index (χ0) is 21.3. The Morgan fingerprint density at radius 3 is 2.90 bits per heavy atom. The summed E-state index contributed by atoms with van der Waals surface area (Å²) < 4.78 is 7.43. The van der Waals surface area contributed by atoms with Gasteiger partial charge in [0.15, 0.2) is 10.8 Å². The van der Waals surface area contributed by atoms with Gasteiger partial charge in [-0.25, -0.2) is 0 Å². The van der Waals surface area contributed by atoms with Crippen LogP contribution in [0.15, 0.2) is 6.20 Å². The molecule has 2 aromatic heterocycles. The monoisotopic (exact) mass is 433 g/mol. The van der Waals surface area contributed by atoms with E-state index in [0.29, 0.717) is 25.5 Å². The first-order valence-corrected chi connectivity index (χ1v) is 11.7. The molecular weight excluding hydrogens is 402 g/mol. The molecule has 0 saturated carbocycles. The fourth-order valence-electron chi connectivity index (χ4n) is 3.72. The number of aromatic nitrogens is 4. The third-order valence-corrected chi connectivity index (χ3v) is 6.12. The first-order chi connectivity index (χ1) is 14.6. The predicted molar refractivity (Wildman–Crippen MR) is 118 cm³/mol. The maximum atomic E-state index is 12.6. The van der Waals surface area contributed by atoms with Crippen molar-refractivity contribution >= 4 is 22.8 Å². The van der Waals surface area contributed by atoms with Gasteiger partial charge in [0, 0.05) is 42.6 Å². The Kier molecular flexibility index (Phi) is 8.50. The highest BCUT2D eigenvalue weighted by molar-refractivity contribution is 8.13. The van der Waals surface area contributed by atoms with E-state index in [4.69, 9.17) is 4.74 Å². The second-order valence-electron chi connectivity index (χ2n) is 7.36. The second-order valence-corrected chi connectivity index (χ2v) is 8.63. The lowest BCUT2D eigenvalue weighted by atomic mass is 9.93. The number of hydrogen-bond acceptors (Lipinski definition) is 6. The molecule has 0 aliphatic heterocycles. The molecule has 164 valence electrons. The van der Waals surface area contributed by atoms with E-state index in [1.165, 1.54) is 17.5 Å². The molecule has 2 heterocycles. The molecular formula is C21H31N5O3S. The molecule has 30 heavy (non-hydrogen) atoms. The Morgan fingerprint density at radius 1 is 1.27 bits per heavy atom. The number of carbonyl (C=O) groups is 2. The van der Waals surface area contributed by atoms with Crippen LogP contribution in [0.4, 0.5) is 0 Å². The first-order valence-electron chi connectivity index (χ1n) is 10.7. The zero-order valence-electron chi connectivity index (χ0n) is 17.8. The molecule has 0 saturated heterocycles. The highest BCUT2D eigenvalue weighted by Crippen LogP contribution is 2.33. The lowest BCUT2D eigenvalue weighted by molar-refractivity contribution is -0.109. The van der Waals surface area contributed by atoms with Crippen molar-refractivity contribution in [1.29, 1.82) is 0 Å². The molecule has 8 nitrogen and oxygen atoms in total. The van der Waals surface area contributed by atoms with E-state index in [1.54, 1.807) is 6.92 Å². The Hall–Kier alpha value is -2.13. The van der Waals surface area contributed by atoms with Crippen molar-refractivity contribution in [2.45, 2.75) is 58.9 Å². The molecule has 0 spiro atoms. The summed E-state index contributed by atoms with van der Waals surface area (Å²) in [7, 11) is 0. The minimum absolute atomic E-state index is 0.119. The van der Waals surface area contributed by atoms with Crippen LogP contribution >= 0.6 is 11.8 Å². The summed E-state index contributed by atoms with van der Waals surface area (Å²) in [5, 5.41) is 15.0. The van der Waals surface area contributed by atoms with Crippen LogP contribution in [0.2, 0.25) is 0 Å². The molecule has 0 fully saturated rings. The van der Waals surface area contributed by atoms with Gasteiger partial charge in [0.05, 0.1) is 25.0 Å². The fourth-order valence-corrected chi connectivity index (χ4v) is 4.35. The highest BCUT2D eigenvalue weighted by atomic mass is 32.2. The number of amides is 1. The van der Waals surface area contributed by atoms with E-state index in [2.05, 4.69) is 20.6 Å². The van der Waals surface area contributed by atoms with E-state index in [-0.39, 0.29) is 11.0 Å². The Balaban J connectivity index is 1.48. The highest BCUT2D eigenvalue weighted by Gasteiger charge is 2.27. The number of ether oxygens (including phenoxy) is 1. The maximum absolute atomic E-state index is 12.6. The smallest absolute Gasteiger partial charge is 0.272 e. The minimum Gasteiger partial charge on any atom is -0.380 e. The molecule has 1 aliphatic carbocycles. The second kappa shape index (κ2) is 11.3. The van der Waals surface area contributed by atoms with Gasteiger partial charge in [-0.05, 0) is 32.6 Å². The summed E-state index contributed by atoms with van der Waals surface area (Å²) in [6.07, 6.45) is 7.54. The quantitative estimate of drug-likeness (QED) is 0.499. The number of carbonyl (C=O) groups excluding carboxylic acids is 2. The van der Waals surface area contributed by atoms with Gasteiger partial charge in [-0.15, -0.1) is 0 Å². The third-order valence-electron chi connectivity index (χ3n) is 5.23. The number of rotatable bonds is 12. The average molecular weight is 434 g/mol. The van der Waals surface area contributed by atoms with Crippen LogP contribution < -0.4 is 5.32 Å². The van der Waals surface area contributed by atoms with E-state index >= 15 is 0 Å². The van der Waals surface area contributed by atoms with Crippen LogP contribution in [0, 0.1) is 0 Å². The van der Waals surface area contributed by atoms with Gasteiger partial charge >= 0.3 is 0 Å². The van der Waals surface area contributed by atoms with Crippen molar-refractivity contribution in [3.05, 3.63) is 23.1 Å². The summed E-state index contributed by atoms with van der Waals surface area (Å²) in [4.78, 5) is 23.5. The third kappa shape index (κ3) is 5.72. The molecule has 2 N–H and O–H groups in total. The SMILES string of the molecule is CCOCCn1ncc2c1CCc1c(C(=O)NCCCCCCSC(C)=O)n[nH]c1-2. The molecule has 1 amide bonds. The van der Waals surface area contributed by atoms with Crippen molar-refractivity contribution in [2.75, 3.05) is 25.5 Å². The number of fused-ring (bicyclic) bond motifs is 3. The van der Waals surface area contributed by atoms with Gasteiger partial charge in [-0.3, -0.25) is 19.4 Å². The summed E-state index contributed by atoms with van der Waals surface area (Å²) in [6.45, 7) is 6.30. The molecule has 1 aliphatic rings. The molecule has 0 atom stereocenters. The maximum Gasteiger partial charge on any atom is 0.272 e. The Morgan fingerprint density at radius 2 is 2.10 bits per heavy atom. The average Bonchev–Trinajstić information content (AvgIpc) is 3.34. The largest absolute Gasteiger partial charge is 0.380 e. The fraction of sp³-hybridized carbons (Fsp3) is 0.619. The topological polar surface area (TPSA) is 102 Å². The van der Waals surface area contributed by atoms with E-state index in [1.807, 2.05) is 17.8 Å². The van der Waals surface area contributed by atoms with Crippen LogP contribution in [0.3, 0.4) is 0 Å². The lowest BCUT2D eigenvalue weighted by Gasteiger charge is -2.15. The number of nitrogens with one attached hydrogen (secondary N) is 2. The predicted octanol–water partition coefficient (Wildman–Crippen LogP) is 2.98. The van der Waals surface area contributed by atoms with Crippen LogP contribution in [0.25, 0.3) is 11.3 Å². The van der Waals surface area contributed by atoms with Gasteiger partial charge in [-0.2, -0.15) is 10.2 Å². The van der Waals surface area contributed by atoms with Gasteiger partial charge in [-0.1, -0.05) is 24.6 Å². The molecule has 3 rings (SSSR count). The normalized spacial score (nSPS) is 12.5. The lowest BCUT2D eigenvalue weighted by Crippen LogP contribution is -2.26. The van der Waals surface area contributed by atoms with Gasteiger partial charge < -0.3 is 10.1 Å². The van der Waals surface area contributed by atoms with E-state index in [0.717, 1.165) is 67.6 Å². The molecule has 0 radical (unpaired) electrons. The van der Waals surface area contributed by atoms with Crippen molar-refractivity contribution in [3.8, 4) is 11.3 Å². The Bertz CT molecular complexity index is 861. The van der Waals surface area contributed by atoms with Crippen molar-refractivity contribution in [2.24, 2.45) is 0 Å². The summed E-state index contributed by atoms with van der Waals surface area (Å²) >= 11 is 1.38. The van der Waals surface area contributed by atoms with E-state index in [9.17, 15) is 9.59 Å². The van der Waals surface area contributed by atoms with Crippen molar-refractivity contribution in [3.63, 3.8) is 0 Å². The molecule has 0 unspecified atom stereocenters. The first kappa shape index (κ1) is 22.6. The minimum atomic E-state index is -0.119. The number of nitrogens with zero attached hydrogens (tertiary/aromatic N) is 3. The summed E-state index contributed by atoms with van der Waals surface area (Å²) in [6, 6.07) is 0. The standard InChI is InChI=1S/C21H31N5O3S/c1-3-29-12-11-26-18-9-8-16-19(17(18)14-23-26)24-25-20(16)21(28)22-10-6-4-5-7-13-30-15(2)27/h14H,3-13H2,1-2H3,(H,22,28)(H,24,25). The number of unbranched alkanes of at least 4 members (excludes halogenated alkanes) is 3. The number of H-pyrrole nitrogens is 1. The molecule has 9 heteroatoms. The van der Waals surface area contributed by atoms with Crippen LogP contribution in [0.1, 0.15) is 61.3 Å². The number of hydrogen-bond donors (Lipinski definition) is 2. The number of aromatic amines is 1. The van der Waals surface area contributed by atoms with Gasteiger partial charge in [0.25, 0.3) is 5.91 Å². The molecule has 0 aromatic carbocycles. The molecule has 2 aromatic rings. The summed E-state index contributed by atoms with van der Waals surface area (Å²) in [5.41, 5.74) is 4.58. The van der Waals surface area contributed by atoms with Gasteiger partial charge in [0.1, 0.15) is 0 Å². The van der Waals surface area contributed by atoms with Crippen LogP contribution in [-0.4, -0.2) is 56.5 Å². The zero-order valence-corrected chi connectivity index (χ0v) is 18.6. The van der Waals surface area contributed by atoms with Gasteiger partial charge in [0.2, 0.25) is 0 Å². The van der Waals surface area contributed by atoms with Crippen LogP contribution in [-0.2, 0) is 28.9 Å². The van der Waals surface area contributed by atoms with E-state index < -0.39 is 0 Å². The summed E-state index contributed by atoms with van der Waals surface area (Å²) in [5.74, 6) is 0.762. The molecule has 0 bridgehead atoms. The van der Waals surface area contributed by atoms with Crippen LogP contribution in [0.5, 0.6) is 0 Å². The van der Waals surface area contributed by atoms with Crippen molar-refractivity contribution < 1.29 is 14.3 Å². The van der Waals surface area contributed by atoms with Crippen molar-refractivity contribution in [1.82, 2.24) is 25.3 Å².